The van der Waals surface area contributed by atoms with E-state index >= 15 is 0 Å². The first kappa shape index (κ1) is 14.2. The highest BCUT2D eigenvalue weighted by atomic mass is 32.1. The Morgan fingerprint density at radius 2 is 2.43 bits per heavy atom. The van der Waals surface area contributed by atoms with Gasteiger partial charge in [0.2, 0.25) is 17.6 Å². The summed E-state index contributed by atoms with van der Waals surface area (Å²) in [5.74, 6) is 1.63. The van der Waals surface area contributed by atoms with Gasteiger partial charge >= 0.3 is 0 Å². The second kappa shape index (κ2) is 6.36. The summed E-state index contributed by atoms with van der Waals surface area (Å²) in [5.41, 5.74) is 5.94. The number of hydrogen-bond acceptors (Lipinski definition) is 6. The standard InChI is InChI=1S/C14H18N4O2S/c15-10(9-3-4-9)8-16-12(19)5-6-13-17-14(18-20-13)11-2-1-7-21-11/h1-2,7,9-10H,3-6,8,15H2,(H,16,19). The van der Waals surface area contributed by atoms with Crippen LogP contribution < -0.4 is 11.1 Å². The highest BCUT2D eigenvalue weighted by molar-refractivity contribution is 7.13. The van der Waals surface area contributed by atoms with Crippen LogP contribution in [0.3, 0.4) is 0 Å². The number of nitrogens with two attached hydrogens (primary N) is 1. The van der Waals surface area contributed by atoms with Crippen LogP contribution in [0.5, 0.6) is 0 Å². The summed E-state index contributed by atoms with van der Waals surface area (Å²) < 4.78 is 5.15. The Kier molecular flexibility index (Phi) is 4.31. The van der Waals surface area contributed by atoms with Crippen molar-refractivity contribution in [3.8, 4) is 10.7 Å². The molecule has 0 spiro atoms. The third-order valence-electron chi connectivity index (χ3n) is 3.54. The fourth-order valence-corrected chi connectivity index (χ4v) is 2.74. The summed E-state index contributed by atoms with van der Waals surface area (Å²) in [7, 11) is 0. The first-order valence-corrected chi connectivity index (χ1v) is 7.99. The molecule has 2 aromatic rings. The van der Waals surface area contributed by atoms with E-state index in [1.54, 1.807) is 11.3 Å². The van der Waals surface area contributed by atoms with Gasteiger partial charge in [0.05, 0.1) is 4.88 Å². The van der Waals surface area contributed by atoms with Crippen LogP contribution in [0.1, 0.15) is 25.2 Å². The molecule has 0 aromatic carbocycles. The Morgan fingerprint density at radius 3 is 3.14 bits per heavy atom. The summed E-state index contributed by atoms with van der Waals surface area (Å²) in [6.45, 7) is 0.549. The van der Waals surface area contributed by atoms with E-state index in [2.05, 4.69) is 15.5 Å². The van der Waals surface area contributed by atoms with Gasteiger partial charge in [-0.25, -0.2) is 0 Å². The molecule has 112 valence electrons. The number of nitrogens with zero attached hydrogens (tertiary/aromatic N) is 2. The number of hydrogen-bond donors (Lipinski definition) is 2. The van der Waals surface area contributed by atoms with Crippen molar-refractivity contribution in [3.05, 3.63) is 23.4 Å². The molecule has 21 heavy (non-hydrogen) atoms. The van der Waals surface area contributed by atoms with Gasteiger partial charge in [0.25, 0.3) is 0 Å². The predicted octanol–water partition coefficient (Wildman–Crippen LogP) is 1.58. The van der Waals surface area contributed by atoms with Gasteiger partial charge in [-0.3, -0.25) is 4.79 Å². The van der Waals surface area contributed by atoms with Crippen molar-refractivity contribution >= 4 is 17.2 Å². The van der Waals surface area contributed by atoms with Crippen molar-refractivity contribution in [2.24, 2.45) is 11.7 Å². The zero-order valence-electron chi connectivity index (χ0n) is 11.6. The largest absolute Gasteiger partial charge is 0.355 e. The van der Waals surface area contributed by atoms with E-state index in [4.69, 9.17) is 10.3 Å². The average Bonchev–Trinajstić information content (AvgIpc) is 3.01. The van der Waals surface area contributed by atoms with Gasteiger partial charge in [-0.2, -0.15) is 4.98 Å². The van der Waals surface area contributed by atoms with E-state index < -0.39 is 0 Å². The molecule has 0 bridgehead atoms. The summed E-state index contributed by atoms with van der Waals surface area (Å²) in [5, 5.41) is 8.73. The number of thiophene rings is 1. The van der Waals surface area contributed by atoms with Gasteiger partial charge in [0.15, 0.2) is 0 Å². The molecule has 0 aliphatic heterocycles. The lowest BCUT2D eigenvalue weighted by Gasteiger charge is -2.10. The third-order valence-corrected chi connectivity index (χ3v) is 4.40. The number of carbonyl (C=O) groups excluding carboxylic acids is 1. The topological polar surface area (TPSA) is 94.0 Å². The van der Waals surface area contributed by atoms with Crippen molar-refractivity contribution in [3.63, 3.8) is 0 Å². The van der Waals surface area contributed by atoms with E-state index in [-0.39, 0.29) is 11.9 Å². The summed E-state index contributed by atoms with van der Waals surface area (Å²) in [6, 6.07) is 3.96. The molecule has 1 atom stereocenters. The lowest BCUT2D eigenvalue weighted by atomic mass is 10.2. The van der Waals surface area contributed by atoms with Gasteiger partial charge in [-0.1, -0.05) is 11.2 Å². The van der Waals surface area contributed by atoms with Gasteiger partial charge in [0.1, 0.15) is 0 Å². The Morgan fingerprint density at radius 1 is 1.57 bits per heavy atom. The van der Waals surface area contributed by atoms with Crippen LogP contribution in [-0.4, -0.2) is 28.6 Å². The maximum Gasteiger partial charge on any atom is 0.227 e. The highest BCUT2D eigenvalue weighted by Gasteiger charge is 2.28. The Bertz CT molecular complexity index is 592. The van der Waals surface area contributed by atoms with Crippen molar-refractivity contribution < 1.29 is 9.32 Å². The van der Waals surface area contributed by atoms with Gasteiger partial charge in [-0.05, 0) is 30.2 Å². The molecule has 3 N–H and O–H groups in total. The van der Waals surface area contributed by atoms with Crippen LogP contribution >= 0.6 is 11.3 Å². The van der Waals surface area contributed by atoms with Crippen molar-refractivity contribution in [1.29, 1.82) is 0 Å². The average molecular weight is 306 g/mol. The molecule has 1 aliphatic carbocycles. The Balaban J connectivity index is 1.43. The molecule has 6 nitrogen and oxygen atoms in total. The van der Waals surface area contributed by atoms with Gasteiger partial charge < -0.3 is 15.6 Å². The van der Waals surface area contributed by atoms with Crippen molar-refractivity contribution in [2.75, 3.05) is 6.54 Å². The number of aryl methyl sites for hydroxylation is 1. The monoisotopic (exact) mass is 306 g/mol. The van der Waals surface area contributed by atoms with Crippen LogP contribution in [0.4, 0.5) is 0 Å². The van der Waals surface area contributed by atoms with Gasteiger partial charge in [-0.15, -0.1) is 11.3 Å². The molecular weight excluding hydrogens is 288 g/mol. The lowest BCUT2D eigenvalue weighted by Crippen LogP contribution is -2.38. The molecule has 7 heteroatoms. The lowest BCUT2D eigenvalue weighted by molar-refractivity contribution is -0.121. The minimum Gasteiger partial charge on any atom is -0.355 e. The number of nitrogens with one attached hydrogen (secondary N) is 1. The first-order chi connectivity index (χ1) is 10.2. The fraction of sp³-hybridized carbons (Fsp3) is 0.500. The number of aromatic nitrogens is 2. The minimum absolute atomic E-state index is 0.0260. The molecule has 2 aromatic heterocycles. The van der Waals surface area contributed by atoms with E-state index in [9.17, 15) is 4.79 Å². The summed E-state index contributed by atoms with van der Waals surface area (Å²) in [6.07, 6.45) is 3.15. The minimum atomic E-state index is -0.0260. The number of carbonyl (C=O) groups is 1. The van der Waals surface area contributed by atoms with Crippen molar-refractivity contribution in [2.45, 2.75) is 31.7 Å². The van der Waals surface area contributed by atoms with E-state index in [1.165, 1.54) is 12.8 Å². The van der Waals surface area contributed by atoms with Crippen LogP contribution in [0.2, 0.25) is 0 Å². The first-order valence-electron chi connectivity index (χ1n) is 7.11. The van der Waals surface area contributed by atoms with Gasteiger partial charge in [0, 0.05) is 25.4 Å². The van der Waals surface area contributed by atoms with E-state index in [0.29, 0.717) is 37.0 Å². The van der Waals surface area contributed by atoms with Crippen molar-refractivity contribution in [1.82, 2.24) is 15.5 Å². The maximum atomic E-state index is 11.7. The SMILES string of the molecule is NC(CNC(=O)CCc1nc(-c2cccs2)no1)C1CC1. The summed E-state index contributed by atoms with van der Waals surface area (Å²) in [4.78, 5) is 17.0. The molecule has 1 saturated carbocycles. The van der Waals surface area contributed by atoms with Crippen LogP contribution in [0.25, 0.3) is 10.7 Å². The molecule has 1 amide bonds. The molecule has 0 saturated heterocycles. The summed E-state index contributed by atoms with van der Waals surface area (Å²) >= 11 is 1.56. The van der Waals surface area contributed by atoms with E-state index in [0.717, 1.165) is 4.88 Å². The Labute approximate surface area is 126 Å². The molecule has 0 radical (unpaired) electrons. The molecule has 3 rings (SSSR count). The fourth-order valence-electron chi connectivity index (χ4n) is 2.09. The predicted molar refractivity (Wildman–Crippen MR) is 79.6 cm³/mol. The zero-order valence-corrected chi connectivity index (χ0v) is 12.4. The van der Waals surface area contributed by atoms with Crippen LogP contribution in [0.15, 0.2) is 22.0 Å². The quantitative estimate of drug-likeness (QED) is 0.810. The van der Waals surface area contributed by atoms with Crippen LogP contribution in [0, 0.1) is 5.92 Å². The molecule has 2 heterocycles. The normalized spacial score (nSPS) is 15.9. The molecular formula is C14H18N4O2S. The highest BCUT2D eigenvalue weighted by Crippen LogP contribution is 2.31. The zero-order chi connectivity index (χ0) is 14.7. The van der Waals surface area contributed by atoms with E-state index in [1.807, 2.05) is 17.5 Å². The molecule has 1 fully saturated rings. The Hall–Kier alpha value is -1.73. The van der Waals surface area contributed by atoms with Crippen LogP contribution in [-0.2, 0) is 11.2 Å². The smallest absolute Gasteiger partial charge is 0.227 e. The number of rotatable bonds is 7. The third kappa shape index (κ3) is 3.89. The second-order valence-corrected chi connectivity index (χ2v) is 6.24. The second-order valence-electron chi connectivity index (χ2n) is 5.29. The molecule has 1 aliphatic rings. The number of amides is 1. The maximum absolute atomic E-state index is 11.7. The molecule has 1 unspecified atom stereocenters.